The number of nitrogens with zero attached hydrogens (tertiary/aromatic N) is 2. The van der Waals surface area contributed by atoms with E-state index in [1.54, 1.807) is 31.4 Å². The monoisotopic (exact) mass is 381 g/mol. The second kappa shape index (κ2) is 8.94. The maximum absolute atomic E-state index is 13.1. The molecule has 3 aromatic rings. The first-order chi connectivity index (χ1) is 13.6. The first kappa shape index (κ1) is 19.3. The van der Waals surface area contributed by atoms with Crippen LogP contribution in [0, 0.1) is 5.82 Å². The molecule has 28 heavy (non-hydrogen) atoms. The molecule has 6 nitrogen and oxygen atoms in total. The van der Waals surface area contributed by atoms with E-state index in [1.165, 1.54) is 22.9 Å². The molecular formula is C21H20FN3O3. The van der Waals surface area contributed by atoms with Crippen molar-refractivity contribution < 1.29 is 13.9 Å². The van der Waals surface area contributed by atoms with Gasteiger partial charge in [0.25, 0.3) is 5.56 Å². The molecule has 7 heteroatoms. The summed E-state index contributed by atoms with van der Waals surface area (Å²) in [6, 6.07) is 16.2. The normalized spacial score (nSPS) is 10.5. The van der Waals surface area contributed by atoms with Crippen LogP contribution in [0.1, 0.15) is 5.56 Å². The molecule has 3 rings (SSSR count). The fourth-order valence-corrected chi connectivity index (χ4v) is 2.77. The predicted molar refractivity (Wildman–Crippen MR) is 104 cm³/mol. The number of rotatable bonds is 7. The van der Waals surface area contributed by atoms with Crippen molar-refractivity contribution >= 4 is 5.91 Å². The third-order valence-corrected chi connectivity index (χ3v) is 4.20. The standard InChI is InChI=1S/C21H20FN3O3/c1-28-19-5-3-2-4-16(19)14-20(26)23-12-13-25-21(27)11-10-18(24-25)15-6-8-17(22)9-7-15/h2-11H,12-14H2,1H3,(H,23,26). The molecule has 0 saturated carbocycles. The van der Waals surface area contributed by atoms with Gasteiger partial charge in [-0.15, -0.1) is 0 Å². The van der Waals surface area contributed by atoms with Crippen LogP contribution in [0.5, 0.6) is 5.75 Å². The molecule has 144 valence electrons. The molecule has 0 saturated heterocycles. The number of carbonyl (C=O) groups excluding carboxylic acids is 1. The summed E-state index contributed by atoms with van der Waals surface area (Å²) in [5.74, 6) is 0.143. The van der Waals surface area contributed by atoms with Gasteiger partial charge in [-0.25, -0.2) is 9.07 Å². The van der Waals surface area contributed by atoms with Crippen LogP contribution in [0.4, 0.5) is 4.39 Å². The van der Waals surface area contributed by atoms with Crippen molar-refractivity contribution in [2.24, 2.45) is 0 Å². The van der Waals surface area contributed by atoms with Crippen LogP contribution in [0.25, 0.3) is 11.3 Å². The molecule has 0 aliphatic carbocycles. The molecule has 0 fully saturated rings. The highest BCUT2D eigenvalue weighted by atomic mass is 19.1. The van der Waals surface area contributed by atoms with Crippen LogP contribution >= 0.6 is 0 Å². The van der Waals surface area contributed by atoms with E-state index in [0.29, 0.717) is 17.0 Å². The lowest BCUT2D eigenvalue weighted by atomic mass is 10.1. The average Bonchev–Trinajstić information content (AvgIpc) is 2.70. The van der Waals surface area contributed by atoms with Gasteiger partial charge in [0.2, 0.25) is 5.91 Å². The molecule has 2 aromatic carbocycles. The van der Waals surface area contributed by atoms with Crippen LogP contribution in [-0.4, -0.2) is 29.3 Å². The summed E-state index contributed by atoms with van der Waals surface area (Å²) in [5, 5.41) is 7.07. The van der Waals surface area contributed by atoms with Gasteiger partial charge in [0.1, 0.15) is 11.6 Å². The van der Waals surface area contributed by atoms with E-state index in [0.717, 1.165) is 5.56 Å². The van der Waals surface area contributed by atoms with Crippen LogP contribution in [0.3, 0.4) is 0 Å². The Morgan fingerprint density at radius 3 is 2.61 bits per heavy atom. The number of methoxy groups -OCH3 is 1. The minimum atomic E-state index is -0.338. The van der Waals surface area contributed by atoms with E-state index >= 15 is 0 Å². The maximum Gasteiger partial charge on any atom is 0.266 e. The number of aromatic nitrogens is 2. The lowest BCUT2D eigenvalue weighted by Gasteiger charge is -2.10. The Morgan fingerprint density at radius 1 is 1.11 bits per heavy atom. The number of ether oxygens (including phenoxy) is 1. The number of halogens is 1. The minimum Gasteiger partial charge on any atom is -0.496 e. The van der Waals surface area contributed by atoms with E-state index in [1.807, 2.05) is 18.2 Å². The van der Waals surface area contributed by atoms with E-state index in [2.05, 4.69) is 10.4 Å². The third-order valence-electron chi connectivity index (χ3n) is 4.20. The van der Waals surface area contributed by atoms with Crippen molar-refractivity contribution in [3.8, 4) is 17.0 Å². The third kappa shape index (κ3) is 4.82. The summed E-state index contributed by atoms with van der Waals surface area (Å²) in [7, 11) is 1.56. The second-order valence-electron chi connectivity index (χ2n) is 6.13. The van der Waals surface area contributed by atoms with Gasteiger partial charge in [0, 0.05) is 23.7 Å². The van der Waals surface area contributed by atoms with Crippen molar-refractivity contribution in [1.29, 1.82) is 0 Å². The quantitative estimate of drug-likeness (QED) is 0.682. The van der Waals surface area contributed by atoms with E-state index < -0.39 is 0 Å². The molecule has 0 spiro atoms. The second-order valence-corrected chi connectivity index (χ2v) is 6.13. The predicted octanol–water partition coefficient (Wildman–Crippen LogP) is 2.42. The van der Waals surface area contributed by atoms with Crippen LogP contribution < -0.4 is 15.6 Å². The molecule has 0 bridgehead atoms. The molecule has 1 aromatic heterocycles. The molecular weight excluding hydrogens is 361 g/mol. The SMILES string of the molecule is COc1ccccc1CC(=O)NCCn1nc(-c2ccc(F)cc2)ccc1=O. The highest BCUT2D eigenvalue weighted by Gasteiger charge is 2.09. The Bertz CT molecular complexity index is 1020. The van der Waals surface area contributed by atoms with E-state index in [-0.39, 0.29) is 36.8 Å². The molecule has 0 radical (unpaired) electrons. The summed E-state index contributed by atoms with van der Waals surface area (Å²) >= 11 is 0. The van der Waals surface area contributed by atoms with Crippen molar-refractivity contribution in [2.75, 3.05) is 13.7 Å². The summed E-state index contributed by atoms with van der Waals surface area (Å²) in [5.41, 5.74) is 1.77. The summed E-state index contributed by atoms with van der Waals surface area (Å²) in [6.07, 6.45) is 0.182. The zero-order valence-corrected chi connectivity index (χ0v) is 15.4. The topological polar surface area (TPSA) is 73.2 Å². The fourth-order valence-electron chi connectivity index (χ4n) is 2.77. The lowest BCUT2D eigenvalue weighted by molar-refractivity contribution is -0.120. The number of amides is 1. The summed E-state index contributed by atoms with van der Waals surface area (Å²) in [4.78, 5) is 24.2. The summed E-state index contributed by atoms with van der Waals surface area (Å²) in [6.45, 7) is 0.485. The zero-order valence-electron chi connectivity index (χ0n) is 15.4. The highest BCUT2D eigenvalue weighted by Crippen LogP contribution is 2.17. The van der Waals surface area contributed by atoms with Gasteiger partial charge in [-0.3, -0.25) is 9.59 Å². The smallest absolute Gasteiger partial charge is 0.266 e. The fraction of sp³-hybridized carbons (Fsp3) is 0.190. The molecule has 0 aliphatic heterocycles. The lowest BCUT2D eigenvalue weighted by Crippen LogP contribution is -2.32. The largest absolute Gasteiger partial charge is 0.496 e. The number of hydrogen-bond donors (Lipinski definition) is 1. The van der Waals surface area contributed by atoms with Crippen molar-refractivity contribution in [3.63, 3.8) is 0 Å². The van der Waals surface area contributed by atoms with Gasteiger partial charge in [0.05, 0.1) is 25.8 Å². The van der Waals surface area contributed by atoms with Gasteiger partial charge in [-0.05, 0) is 36.4 Å². The first-order valence-electron chi connectivity index (χ1n) is 8.79. The van der Waals surface area contributed by atoms with Crippen LogP contribution in [0.15, 0.2) is 65.5 Å². The molecule has 1 heterocycles. The van der Waals surface area contributed by atoms with Crippen molar-refractivity contribution in [3.05, 3.63) is 82.4 Å². The first-order valence-corrected chi connectivity index (χ1v) is 8.79. The Labute approximate surface area is 161 Å². The number of hydrogen-bond acceptors (Lipinski definition) is 4. The van der Waals surface area contributed by atoms with Crippen LogP contribution in [-0.2, 0) is 17.8 Å². The maximum atomic E-state index is 13.1. The van der Waals surface area contributed by atoms with E-state index in [4.69, 9.17) is 4.74 Å². The summed E-state index contributed by atoms with van der Waals surface area (Å²) < 4.78 is 19.6. The van der Waals surface area contributed by atoms with Gasteiger partial charge in [0.15, 0.2) is 0 Å². The molecule has 0 aliphatic rings. The van der Waals surface area contributed by atoms with Crippen molar-refractivity contribution in [1.82, 2.24) is 15.1 Å². The average molecular weight is 381 g/mol. The van der Waals surface area contributed by atoms with Gasteiger partial charge in [-0.1, -0.05) is 18.2 Å². The minimum absolute atomic E-state index is 0.174. The Balaban J connectivity index is 1.61. The van der Waals surface area contributed by atoms with Gasteiger partial charge >= 0.3 is 0 Å². The van der Waals surface area contributed by atoms with Crippen molar-refractivity contribution in [2.45, 2.75) is 13.0 Å². The Hall–Kier alpha value is -3.48. The Morgan fingerprint density at radius 2 is 1.86 bits per heavy atom. The molecule has 1 N–H and O–H groups in total. The highest BCUT2D eigenvalue weighted by molar-refractivity contribution is 5.79. The number of para-hydroxylation sites is 1. The van der Waals surface area contributed by atoms with E-state index in [9.17, 15) is 14.0 Å². The molecule has 1 amide bonds. The van der Waals surface area contributed by atoms with Gasteiger partial charge in [-0.2, -0.15) is 5.10 Å². The molecule has 0 atom stereocenters. The zero-order chi connectivity index (χ0) is 19.9. The number of benzene rings is 2. The number of nitrogens with one attached hydrogen (secondary N) is 1. The number of carbonyl (C=O) groups is 1. The molecule has 0 unspecified atom stereocenters. The Kier molecular flexibility index (Phi) is 6.16. The van der Waals surface area contributed by atoms with Gasteiger partial charge < -0.3 is 10.1 Å². The van der Waals surface area contributed by atoms with Crippen LogP contribution in [0.2, 0.25) is 0 Å².